The van der Waals surface area contributed by atoms with Gasteiger partial charge in [0.15, 0.2) is 0 Å². The summed E-state index contributed by atoms with van der Waals surface area (Å²) >= 11 is 3.03. The van der Waals surface area contributed by atoms with Crippen LogP contribution in [0, 0.1) is 6.92 Å². The largest absolute Gasteiger partial charge is 0.369 e. The molecule has 0 spiro atoms. The molecule has 2 heterocycles. The highest BCUT2D eigenvalue weighted by atomic mass is 32.1. The molecule has 7 nitrogen and oxygen atoms in total. The van der Waals surface area contributed by atoms with E-state index < -0.39 is 0 Å². The van der Waals surface area contributed by atoms with E-state index in [-0.39, 0.29) is 0 Å². The third-order valence-electron chi connectivity index (χ3n) is 5.69. The number of nitrogens with two attached hydrogens (primary N) is 1. The van der Waals surface area contributed by atoms with Gasteiger partial charge in [0.05, 0.1) is 0 Å². The first kappa shape index (κ1) is 24.8. The number of benzene rings is 2. The number of hydrogen-bond acceptors (Lipinski definition) is 8. The smallest absolute Gasteiger partial charge is 0.229 e. The van der Waals surface area contributed by atoms with Crippen LogP contribution < -0.4 is 20.7 Å². The standard InChI is InChI=1S/C25H32N6.H3NS/c1-4-6-20-7-5-8-22(17-20)27-24-19(2)18-26-25(29-24)28-21-9-11-23(12-10-21)31-15-13-30(3)14-16-31;1-2/h5,7-12,17-18H,4,6,13-16H2,1-3H3,(H2,26,27,28,29);2H,1H2. The summed E-state index contributed by atoms with van der Waals surface area (Å²) in [6.45, 7) is 8.57. The molecule has 0 aliphatic carbocycles. The Labute approximate surface area is 203 Å². The third-order valence-corrected chi connectivity index (χ3v) is 5.69. The normalized spacial score (nSPS) is 13.8. The number of aryl methyl sites for hydroxylation is 2. The quantitative estimate of drug-likeness (QED) is 0.374. The highest BCUT2D eigenvalue weighted by Crippen LogP contribution is 2.24. The van der Waals surface area contributed by atoms with E-state index in [0.717, 1.165) is 61.8 Å². The van der Waals surface area contributed by atoms with Gasteiger partial charge in [-0.05, 0) is 62.4 Å². The Bertz CT molecular complexity index is 1000. The minimum Gasteiger partial charge on any atom is -0.369 e. The number of aromatic nitrogens is 2. The van der Waals surface area contributed by atoms with Crippen LogP contribution in [0.25, 0.3) is 0 Å². The Balaban J connectivity index is 0.00000149. The number of hydrogen-bond donors (Lipinski definition) is 4. The Morgan fingerprint density at radius 2 is 1.70 bits per heavy atom. The molecule has 33 heavy (non-hydrogen) atoms. The zero-order chi connectivity index (χ0) is 23.6. The maximum atomic E-state index is 4.71. The molecule has 2 aromatic carbocycles. The van der Waals surface area contributed by atoms with Gasteiger partial charge in [-0.15, -0.1) is 12.8 Å². The van der Waals surface area contributed by atoms with Gasteiger partial charge in [-0.25, -0.2) is 4.98 Å². The summed E-state index contributed by atoms with van der Waals surface area (Å²) in [6.07, 6.45) is 4.07. The molecule has 1 fully saturated rings. The summed E-state index contributed by atoms with van der Waals surface area (Å²) in [5, 5.41) is 11.0. The maximum Gasteiger partial charge on any atom is 0.229 e. The lowest BCUT2D eigenvalue weighted by molar-refractivity contribution is 0.313. The molecule has 1 aliphatic heterocycles. The van der Waals surface area contributed by atoms with Crippen LogP contribution in [0.5, 0.6) is 0 Å². The van der Waals surface area contributed by atoms with Gasteiger partial charge in [0.25, 0.3) is 0 Å². The van der Waals surface area contributed by atoms with E-state index in [1.54, 1.807) is 0 Å². The highest BCUT2D eigenvalue weighted by Gasteiger charge is 2.14. The van der Waals surface area contributed by atoms with E-state index in [1.165, 1.54) is 11.3 Å². The lowest BCUT2D eigenvalue weighted by Crippen LogP contribution is -2.44. The number of anilines is 5. The number of piperazine rings is 1. The molecule has 0 unspecified atom stereocenters. The zero-order valence-electron chi connectivity index (χ0n) is 19.8. The molecule has 4 N–H and O–H groups in total. The van der Waals surface area contributed by atoms with Gasteiger partial charge in [-0.3, -0.25) is 5.14 Å². The Morgan fingerprint density at radius 1 is 0.970 bits per heavy atom. The van der Waals surface area contributed by atoms with Gasteiger partial charge in [0.2, 0.25) is 5.95 Å². The molecule has 1 aliphatic rings. The molecule has 0 saturated carbocycles. The second-order valence-corrected chi connectivity index (χ2v) is 8.26. The van der Waals surface area contributed by atoms with Gasteiger partial charge in [0, 0.05) is 55.0 Å². The number of likely N-dealkylation sites (N-methyl/N-ethyl adjacent to an activating group) is 1. The highest BCUT2D eigenvalue weighted by molar-refractivity contribution is 7.77. The number of thiol groups is 1. The van der Waals surface area contributed by atoms with Crippen molar-refractivity contribution in [3.63, 3.8) is 0 Å². The zero-order valence-corrected chi connectivity index (χ0v) is 20.6. The van der Waals surface area contributed by atoms with E-state index in [0.29, 0.717) is 5.95 Å². The Morgan fingerprint density at radius 3 is 2.39 bits per heavy atom. The predicted octanol–water partition coefficient (Wildman–Crippen LogP) is 4.77. The van der Waals surface area contributed by atoms with Crippen molar-refractivity contribution in [1.82, 2.24) is 14.9 Å². The average molecular weight is 466 g/mol. The van der Waals surface area contributed by atoms with Crippen molar-refractivity contribution in [3.8, 4) is 0 Å². The van der Waals surface area contributed by atoms with Crippen LogP contribution in [-0.2, 0) is 6.42 Å². The van der Waals surface area contributed by atoms with Crippen molar-refractivity contribution in [3.05, 3.63) is 65.9 Å². The number of rotatable bonds is 7. The van der Waals surface area contributed by atoms with Crippen LogP contribution in [0.1, 0.15) is 24.5 Å². The van der Waals surface area contributed by atoms with Crippen molar-refractivity contribution in [2.45, 2.75) is 26.7 Å². The fourth-order valence-corrected chi connectivity index (χ4v) is 3.81. The first-order valence-electron chi connectivity index (χ1n) is 11.4. The third kappa shape index (κ3) is 7.08. The molecule has 1 aromatic heterocycles. The van der Waals surface area contributed by atoms with Crippen LogP contribution in [-0.4, -0.2) is 48.1 Å². The molecular formula is C25H35N7S. The van der Waals surface area contributed by atoms with Gasteiger partial charge in [-0.1, -0.05) is 25.5 Å². The first-order valence-corrected chi connectivity index (χ1v) is 11.9. The lowest BCUT2D eigenvalue weighted by Gasteiger charge is -2.34. The lowest BCUT2D eigenvalue weighted by atomic mass is 10.1. The van der Waals surface area contributed by atoms with Crippen LogP contribution in [0.3, 0.4) is 0 Å². The fourth-order valence-electron chi connectivity index (χ4n) is 3.81. The van der Waals surface area contributed by atoms with E-state index >= 15 is 0 Å². The summed E-state index contributed by atoms with van der Waals surface area (Å²) < 4.78 is 0. The van der Waals surface area contributed by atoms with Crippen LogP contribution in [0.15, 0.2) is 54.7 Å². The van der Waals surface area contributed by atoms with Crippen molar-refractivity contribution in [2.75, 3.05) is 48.8 Å². The molecule has 0 bridgehead atoms. The van der Waals surface area contributed by atoms with Crippen LogP contribution >= 0.6 is 12.8 Å². The molecule has 0 atom stereocenters. The van der Waals surface area contributed by atoms with E-state index in [2.05, 4.69) is 106 Å². The minimum atomic E-state index is 0.588. The maximum absolute atomic E-state index is 4.71. The molecule has 4 rings (SSSR count). The van der Waals surface area contributed by atoms with E-state index in [1.807, 2.05) is 13.1 Å². The van der Waals surface area contributed by atoms with E-state index in [4.69, 9.17) is 4.98 Å². The first-order chi connectivity index (χ1) is 16.1. The van der Waals surface area contributed by atoms with Crippen molar-refractivity contribution in [2.24, 2.45) is 5.14 Å². The Kier molecular flexibility index (Phi) is 9.35. The van der Waals surface area contributed by atoms with Crippen molar-refractivity contribution >= 4 is 41.6 Å². The molecular weight excluding hydrogens is 430 g/mol. The second kappa shape index (κ2) is 12.4. The van der Waals surface area contributed by atoms with Crippen LogP contribution in [0.2, 0.25) is 0 Å². The summed E-state index contributed by atoms with van der Waals surface area (Å²) in [5.74, 6) is 1.41. The summed E-state index contributed by atoms with van der Waals surface area (Å²) in [6, 6.07) is 17.0. The number of nitrogens with zero attached hydrogens (tertiary/aromatic N) is 4. The SMILES string of the molecule is CCCc1cccc(Nc2nc(Nc3ccc(N4CCN(C)CC4)cc3)ncc2C)c1.NS. The summed E-state index contributed by atoms with van der Waals surface area (Å²) in [5.41, 5.74) is 5.64. The van der Waals surface area contributed by atoms with Gasteiger partial charge in [-0.2, -0.15) is 4.98 Å². The molecule has 176 valence electrons. The topological polar surface area (TPSA) is 82.3 Å². The summed E-state index contributed by atoms with van der Waals surface area (Å²) in [7, 11) is 2.18. The molecule has 3 aromatic rings. The predicted molar refractivity (Wildman–Crippen MR) is 143 cm³/mol. The fraction of sp³-hybridized carbons (Fsp3) is 0.360. The molecule has 8 heteroatoms. The number of nitrogens with one attached hydrogen (secondary N) is 2. The van der Waals surface area contributed by atoms with Crippen molar-refractivity contribution < 1.29 is 0 Å². The monoisotopic (exact) mass is 465 g/mol. The molecule has 0 radical (unpaired) electrons. The van der Waals surface area contributed by atoms with Gasteiger partial charge < -0.3 is 20.4 Å². The van der Waals surface area contributed by atoms with Gasteiger partial charge >= 0.3 is 0 Å². The molecule has 0 amide bonds. The van der Waals surface area contributed by atoms with Crippen molar-refractivity contribution in [1.29, 1.82) is 0 Å². The van der Waals surface area contributed by atoms with Crippen LogP contribution in [0.4, 0.5) is 28.8 Å². The average Bonchev–Trinajstić information content (AvgIpc) is 2.84. The minimum absolute atomic E-state index is 0.588. The molecule has 1 saturated heterocycles. The van der Waals surface area contributed by atoms with Gasteiger partial charge in [0.1, 0.15) is 5.82 Å². The second-order valence-electron chi connectivity index (χ2n) is 8.26. The van der Waals surface area contributed by atoms with E-state index in [9.17, 15) is 0 Å². The summed E-state index contributed by atoms with van der Waals surface area (Å²) in [4.78, 5) is 14.0. The Hall–Kier alpha value is -2.81.